The van der Waals surface area contributed by atoms with Gasteiger partial charge < -0.3 is 10.8 Å². The van der Waals surface area contributed by atoms with E-state index in [1.54, 1.807) is 18.7 Å². The molecule has 106 valence electrons. The number of carboxylic acids is 1. The molecule has 0 aromatic heterocycles. The second-order valence-corrected chi connectivity index (χ2v) is 7.24. The molecule has 0 aromatic rings. The van der Waals surface area contributed by atoms with Gasteiger partial charge in [0.25, 0.3) is 0 Å². The van der Waals surface area contributed by atoms with Crippen LogP contribution in [0, 0.1) is 0 Å². The summed E-state index contributed by atoms with van der Waals surface area (Å²) in [7, 11) is -3.20. The number of carboxylic acid groups (broad SMARTS) is 1. The van der Waals surface area contributed by atoms with Crippen molar-refractivity contribution < 1.29 is 18.3 Å². The molecule has 3 N–H and O–H groups in total. The molecule has 0 amide bonds. The van der Waals surface area contributed by atoms with Gasteiger partial charge in [0.05, 0.1) is 6.26 Å². The summed E-state index contributed by atoms with van der Waals surface area (Å²) in [4.78, 5) is 13.0. The summed E-state index contributed by atoms with van der Waals surface area (Å²) < 4.78 is 24.1. The first-order valence-corrected chi connectivity index (χ1v) is 7.59. The Balaban J connectivity index is 2.75. The van der Waals surface area contributed by atoms with E-state index in [0.717, 1.165) is 6.26 Å². The molecule has 1 aliphatic heterocycles. The molecule has 1 saturated heterocycles. The van der Waals surface area contributed by atoms with Crippen LogP contribution in [0.25, 0.3) is 0 Å². The maximum absolute atomic E-state index is 11.4. The zero-order chi connectivity index (χ0) is 14.1. The fourth-order valence-corrected chi connectivity index (χ4v) is 3.06. The molecule has 1 heterocycles. The minimum absolute atomic E-state index is 0.304. The van der Waals surface area contributed by atoms with Crippen molar-refractivity contribution in [3.05, 3.63) is 0 Å². The van der Waals surface area contributed by atoms with E-state index in [9.17, 15) is 18.3 Å². The molecule has 0 spiro atoms. The number of nitrogens with zero attached hydrogens (tertiary/aromatic N) is 2. The highest BCUT2D eigenvalue weighted by Crippen LogP contribution is 2.17. The molecule has 0 bridgehead atoms. The summed E-state index contributed by atoms with van der Waals surface area (Å²) in [5.41, 5.74) is 5.00. The van der Waals surface area contributed by atoms with Crippen LogP contribution in [0.4, 0.5) is 0 Å². The fraction of sp³-hybridized carbons (Fsp3) is 0.900. The van der Waals surface area contributed by atoms with Gasteiger partial charge in [-0.2, -0.15) is 4.31 Å². The SMILES string of the molecule is CC(C)(N)[C@H](C(=O)O)N1CCN(S(C)(=O)=O)CC1. The lowest BCUT2D eigenvalue weighted by Crippen LogP contribution is -2.63. The van der Waals surface area contributed by atoms with Crippen LogP contribution in [0.15, 0.2) is 0 Å². The number of piperazine rings is 1. The minimum atomic E-state index is -3.20. The fourth-order valence-electron chi connectivity index (χ4n) is 2.24. The Labute approximate surface area is 108 Å². The summed E-state index contributed by atoms with van der Waals surface area (Å²) >= 11 is 0. The Hall–Kier alpha value is -0.700. The van der Waals surface area contributed by atoms with Crippen LogP contribution in [-0.4, -0.2) is 72.7 Å². The third-order valence-corrected chi connectivity index (χ3v) is 4.35. The molecule has 1 aliphatic rings. The van der Waals surface area contributed by atoms with Crippen molar-refractivity contribution in [2.45, 2.75) is 25.4 Å². The Morgan fingerprint density at radius 1 is 1.28 bits per heavy atom. The lowest BCUT2D eigenvalue weighted by molar-refractivity contribution is -0.146. The first-order valence-electron chi connectivity index (χ1n) is 5.74. The van der Waals surface area contributed by atoms with Crippen LogP contribution < -0.4 is 5.73 Å². The third-order valence-electron chi connectivity index (χ3n) is 3.05. The number of sulfonamides is 1. The smallest absolute Gasteiger partial charge is 0.322 e. The van der Waals surface area contributed by atoms with Gasteiger partial charge in [0.15, 0.2) is 0 Å². The molecule has 0 aromatic carbocycles. The van der Waals surface area contributed by atoms with Crippen LogP contribution in [0.5, 0.6) is 0 Å². The van der Waals surface area contributed by atoms with Crippen molar-refractivity contribution in [2.24, 2.45) is 5.73 Å². The lowest BCUT2D eigenvalue weighted by atomic mass is 9.94. The third kappa shape index (κ3) is 3.64. The van der Waals surface area contributed by atoms with Crippen molar-refractivity contribution in [1.29, 1.82) is 0 Å². The van der Waals surface area contributed by atoms with Crippen molar-refractivity contribution >= 4 is 16.0 Å². The predicted molar refractivity (Wildman–Crippen MR) is 67.7 cm³/mol. The summed E-state index contributed by atoms with van der Waals surface area (Å²) in [6.45, 7) is 4.69. The summed E-state index contributed by atoms with van der Waals surface area (Å²) in [6.07, 6.45) is 1.16. The van der Waals surface area contributed by atoms with Crippen LogP contribution in [0.3, 0.4) is 0 Å². The average molecular weight is 279 g/mol. The number of hydrogen-bond donors (Lipinski definition) is 2. The van der Waals surface area contributed by atoms with Gasteiger partial charge >= 0.3 is 5.97 Å². The molecule has 8 heteroatoms. The number of aliphatic carboxylic acids is 1. The van der Waals surface area contributed by atoms with E-state index in [2.05, 4.69) is 0 Å². The second-order valence-electron chi connectivity index (χ2n) is 5.26. The zero-order valence-corrected chi connectivity index (χ0v) is 11.8. The van der Waals surface area contributed by atoms with Gasteiger partial charge in [-0.25, -0.2) is 8.42 Å². The molecule has 1 atom stereocenters. The molecule has 0 saturated carbocycles. The van der Waals surface area contributed by atoms with Gasteiger partial charge in [-0.3, -0.25) is 9.69 Å². The average Bonchev–Trinajstić information content (AvgIpc) is 2.13. The van der Waals surface area contributed by atoms with E-state index in [1.165, 1.54) is 4.31 Å². The highest BCUT2D eigenvalue weighted by Gasteiger charge is 2.39. The van der Waals surface area contributed by atoms with E-state index in [0.29, 0.717) is 26.2 Å². The van der Waals surface area contributed by atoms with Crippen LogP contribution in [0.1, 0.15) is 13.8 Å². The largest absolute Gasteiger partial charge is 0.480 e. The molecule has 18 heavy (non-hydrogen) atoms. The van der Waals surface area contributed by atoms with Crippen molar-refractivity contribution in [3.8, 4) is 0 Å². The monoisotopic (exact) mass is 279 g/mol. The van der Waals surface area contributed by atoms with Gasteiger partial charge in [-0.05, 0) is 13.8 Å². The van der Waals surface area contributed by atoms with E-state index in [1.807, 2.05) is 0 Å². The molecule has 0 radical (unpaired) electrons. The second kappa shape index (κ2) is 5.12. The van der Waals surface area contributed by atoms with Gasteiger partial charge in [0, 0.05) is 31.7 Å². The molecule has 1 fully saturated rings. The van der Waals surface area contributed by atoms with Gasteiger partial charge in [-0.15, -0.1) is 0 Å². The normalized spacial score (nSPS) is 21.8. The van der Waals surface area contributed by atoms with Crippen molar-refractivity contribution in [3.63, 3.8) is 0 Å². The summed E-state index contributed by atoms with van der Waals surface area (Å²) in [5, 5.41) is 9.23. The van der Waals surface area contributed by atoms with Gasteiger partial charge in [0.2, 0.25) is 10.0 Å². The molecular formula is C10H21N3O4S. The number of rotatable bonds is 4. The highest BCUT2D eigenvalue weighted by atomic mass is 32.2. The summed E-state index contributed by atoms with van der Waals surface area (Å²) in [6, 6.07) is -0.806. The first kappa shape index (κ1) is 15.4. The minimum Gasteiger partial charge on any atom is -0.480 e. The standard InChI is InChI=1S/C10H21N3O4S/c1-10(2,11)8(9(14)15)12-4-6-13(7-5-12)18(3,16)17/h8H,4-7,11H2,1-3H3,(H,14,15)/t8-/m0/s1. The topological polar surface area (TPSA) is 104 Å². The molecule has 1 rings (SSSR count). The molecule has 0 unspecified atom stereocenters. The highest BCUT2D eigenvalue weighted by molar-refractivity contribution is 7.88. The Kier molecular flexibility index (Phi) is 4.37. The molecular weight excluding hydrogens is 258 g/mol. The Morgan fingerprint density at radius 2 is 1.72 bits per heavy atom. The first-order chi connectivity index (χ1) is 8.03. The zero-order valence-electron chi connectivity index (χ0n) is 11.0. The van der Waals surface area contributed by atoms with Gasteiger partial charge in [0.1, 0.15) is 6.04 Å². The molecule has 0 aliphatic carbocycles. The lowest BCUT2D eigenvalue weighted by Gasteiger charge is -2.41. The van der Waals surface area contributed by atoms with Crippen molar-refractivity contribution in [1.82, 2.24) is 9.21 Å². The number of hydrogen-bond acceptors (Lipinski definition) is 5. The van der Waals surface area contributed by atoms with E-state index in [-0.39, 0.29) is 0 Å². The van der Waals surface area contributed by atoms with E-state index >= 15 is 0 Å². The summed E-state index contributed by atoms with van der Waals surface area (Å²) in [5.74, 6) is -0.977. The van der Waals surface area contributed by atoms with Crippen LogP contribution in [-0.2, 0) is 14.8 Å². The Morgan fingerprint density at radius 3 is 2.00 bits per heavy atom. The van der Waals surface area contributed by atoms with Crippen molar-refractivity contribution in [2.75, 3.05) is 32.4 Å². The van der Waals surface area contributed by atoms with Gasteiger partial charge in [-0.1, -0.05) is 0 Å². The number of nitrogens with two attached hydrogens (primary N) is 1. The van der Waals surface area contributed by atoms with E-state index in [4.69, 9.17) is 5.73 Å². The predicted octanol–water partition coefficient (Wildman–Crippen LogP) is -1.25. The number of carbonyl (C=O) groups is 1. The molecule has 7 nitrogen and oxygen atoms in total. The van der Waals surface area contributed by atoms with E-state index < -0.39 is 27.6 Å². The van der Waals surface area contributed by atoms with Crippen LogP contribution in [0.2, 0.25) is 0 Å². The maximum atomic E-state index is 11.4. The Bertz CT molecular complexity index is 407. The quantitative estimate of drug-likeness (QED) is 0.666. The van der Waals surface area contributed by atoms with Crippen LogP contribution >= 0.6 is 0 Å². The maximum Gasteiger partial charge on any atom is 0.322 e.